The molecule has 0 heterocycles. The number of hydrogen-bond acceptors (Lipinski definition) is 3. The maximum atomic E-state index is 11.7. The van der Waals surface area contributed by atoms with E-state index in [9.17, 15) is 4.79 Å². The Bertz CT molecular complexity index is 361. The zero-order valence-electron chi connectivity index (χ0n) is 8.91. The highest BCUT2D eigenvalue weighted by Crippen LogP contribution is 2.27. The minimum atomic E-state index is -0.465. The largest absolute Gasteiger partial charge is 0.496 e. The normalized spacial score (nSPS) is 10.2. The Hall–Kier alpha value is -1.22. The van der Waals surface area contributed by atoms with Crippen molar-refractivity contribution in [1.29, 1.82) is 0 Å². The van der Waals surface area contributed by atoms with E-state index in [1.807, 2.05) is 0 Å². The van der Waals surface area contributed by atoms with Gasteiger partial charge >= 0.3 is 5.97 Å². The summed E-state index contributed by atoms with van der Waals surface area (Å²) < 4.78 is 10.1. The molecule has 0 bridgehead atoms. The van der Waals surface area contributed by atoms with Crippen molar-refractivity contribution >= 4 is 17.6 Å². The van der Waals surface area contributed by atoms with E-state index in [0.29, 0.717) is 10.8 Å². The van der Waals surface area contributed by atoms with Crippen LogP contribution >= 0.6 is 11.6 Å². The number of rotatable bonds is 3. The molecular formula is C11H13ClO3. The molecule has 0 saturated heterocycles. The molecule has 15 heavy (non-hydrogen) atoms. The van der Waals surface area contributed by atoms with Crippen molar-refractivity contribution in [2.45, 2.75) is 20.0 Å². The molecule has 0 unspecified atom stereocenters. The Morgan fingerprint density at radius 1 is 1.40 bits per heavy atom. The van der Waals surface area contributed by atoms with E-state index in [4.69, 9.17) is 21.1 Å². The van der Waals surface area contributed by atoms with Crippen molar-refractivity contribution in [2.75, 3.05) is 7.11 Å². The molecule has 0 amide bonds. The maximum Gasteiger partial charge on any atom is 0.343 e. The molecule has 0 aliphatic carbocycles. The summed E-state index contributed by atoms with van der Waals surface area (Å²) >= 11 is 5.91. The lowest BCUT2D eigenvalue weighted by molar-refractivity contribution is 0.0374. The maximum absolute atomic E-state index is 11.7. The number of methoxy groups -OCH3 is 1. The van der Waals surface area contributed by atoms with E-state index >= 15 is 0 Å². The van der Waals surface area contributed by atoms with Gasteiger partial charge in [0.2, 0.25) is 0 Å². The van der Waals surface area contributed by atoms with E-state index in [1.165, 1.54) is 7.11 Å². The second-order valence-electron chi connectivity index (χ2n) is 3.27. The van der Waals surface area contributed by atoms with Crippen LogP contribution in [0.25, 0.3) is 0 Å². The highest BCUT2D eigenvalue weighted by Gasteiger charge is 2.18. The third kappa shape index (κ3) is 2.86. The van der Waals surface area contributed by atoms with Gasteiger partial charge < -0.3 is 9.47 Å². The van der Waals surface area contributed by atoms with E-state index in [1.54, 1.807) is 32.0 Å². The summed E-state index contributed by atoms with van der Waals surface area (Å²) in [4.78, 5) is 11.7. The SMILES string of the molecule is COc1cccc(Cl)c1C(=O)OC(C)C. The van der Waals surface area contributed by atoms with E-state index in [0.717, 1.165) is 0 Å². The highest BCUT2D eigenvalue weighted by atomic mass is 35.5. The predicted octanol–water partition coefficient (Wildman–Crippen LogP) is 2.91. The average Bonchev–Trinajstić information content (AvgIpc) is 2.15. The smallest absolute Gasteiger partial charge is 0.343 e. The van der Waals surface area contributed by atoms with Gasteiger partial charge in [-0.25, -0.2) is 4.79 Å². The summed E-state index contributed by atoms with van der Waals surface area (Å²) in [7, 11) is 1.48. The summed E-state index contributed by atoms with van der Waals surface area (Å²) in [6.07, 6.45) is -0.182. The van der Waals surface area contributed by atoms with Crippen molar-refractivity contribution in [3.63, 3.8) is 0 Å². The number of benzene rings is 1. The summed E-state index contributed by atoms with van der Waals surface area (Å²) in [5.41, 5.74) is 0.273. The summed E-state index contributed by atoms with van der Waals surface area (Å²) in [6, 6.07) is 5.01. The third-order valence-corrected chi connectivity index (χ3v) is 2.06. The summed E-state index contributed by atoms with van der Waals surface area (Å²) in [6.45, 7) is 3.56. The quantitative estimate of drug-likeness (QED) is 0.747. The summed E-state index contributed by atoms with van der Waals surface area (Å²) in [5.74, 6) is -0.0411. The average molecular weight is 229 g/mol. The first-order valence-electron chi connectivity index (χ1n) is 4.59. The molecule has 0 fully saturated rings. The van der Waals surface area contributed by atoms with Gasteiger partial charge in [-0.05, 0) is 26.0 Å². The molecule has 1 aromatic carbocycles. The lowest BCUT2D eigenvalue weighted by Gasteiger charge is -2.11. The van der Waals surface area contributed by atoms with Crippen molar-refractivity contribution in [1.82, 2.24) is 0 Å². The molecular weight excluding hydrogens is 216 g/mol. The Balaban J connectivity index is 3.06. The van der Waals surface area contributed by atoms with Crippen LogP contribution in [0.15, 0.2) is 18.2 Å². The molecule has 82 valence electrons. The first-order chi connectivity index (χ1) is 7.06. The minimum Gasteiger partial charge on any atom is -0.496 e. The van der Waals surface area contributed by atoms with E-state index in [-0.39, 0.29) is 11.7 Å². The van der Waals surface area contributed by atoms with Gasteiger partial charge in [0.25, 0.3) is 0 Å². The van der Waals surface area contributed by atoms with Crippen LogP contribution < -0.4 is 4.74 Å². The Kier molecular flexibility index (Phi) is 3.97. The number of carbonyl (C=O) groups is 1. The Morgan fingerprint density at radius 3 is 2.60 bits per heavy atom. The van der Waals surface area contributed by atoms with Gasteiger partial charge in [0.15, 0.2) is 0 Å². The predicted molar refractivity (Wildman–Crippen MR) is 58.6 cm³/mol. The molecule has 0 N–H and O–H groups in total. The first-order valence-corrected chi connectivity index (χ1v) is 4.97. The van der Waals surface area contributed by atoms with Gasteiger partial charge in [-0.2, -0.15) is 0 Å². The number of halogens is 1. The zero-order valence-corrected chi connectivity index (χ0v) is 9.67. The highest BCUT2D eigenvalue weighted by molar-refractivity contribution is 6.34. The van der Waals surface area contributed by atoms with Crippen LogP contribution in [-0.2, 0) is 4.74 Å². The van der Waals surface area contributed by atoms with Gasteiger partial charge in [0.05, 0.1) is 18.2 Å². The molecule has 0 spiro atoms. The number of hydrogen-bond donors (Lipinski definition) is 0. The van der Waals surface area contributed by atoms with Crippen LogP contribution in [0.1, 0.15) is 24.2 Å². The van der Waals surface area contributed by atoms with Crippen LogP contribution in [0.5, 0.6) is 5.75 Å². The lowest BCUT2D eigenvalue weighted by Crippen LogP contribution is -2.13. The van der Waals surface area contributed by atoms with Crippen LogP contribution in [0.4, 0.5) is 0 Å². The van der Waals surface area contributed by atoms with Crippen molar-refractivity contribution in [3.05, 3.63) is 28.8 Å². The fraction of sp³-hybridized carbons (Fsp3) is 0.364. The Morgan fingerprint density at radius 2 is 2.07 bits per heavy atom. The topological polar surface area (TPSA) is 35.5 Å². The monoisotopic (exact) mass is 228 g/mol. The minimum absolute atomic E-state index is 0.182. The van der Waals surface area contributed by atoms with Crippen LogP contribution in [0.2, 0.25) is 5.02 Å². The van der Waals surface area contributed by atoms with Gasteiger partial charge in [-0.15, -0.1) is 0 Å². The fourth-order valence-electron chi connectivity index (χ4n) is 1.15. The summed E-state index contributed by atoms with van der Waals surface area (Å²) in [5, 5.41) is 0.333. The van der Waals surface area contributed by atoms with Crippen molar-refractivity contribution < 1.29 is 14.3 Å². The van der Waals surface area contributed by atoms with Gasteiger partial charge in [-0.1, -0.05) is 17.7 Å². The number of carbonyl (C=O) groups excluding carboxylic acids is 1. The van der Waals surface area contributed by atoms with Crippen LogP contribution in [0, 0.1) is 0 Å². The van der Waals surface area contributed by atoms with E-state index in [2.05, 4.69) is 0 Å². The van der Waals surface area contributed by atoms with Gasteiger partial charge in [0, 0.05) is 0 Å². The van der Waals surface area contributed by atoms with Crippen LogP contribution in [0.3, 0.4) is 0 Å². The Labute approximate surface area is 93.9 Å². The number of esters is 1. The van der Waals surface area contributed by atoms with E-state index < -0.39 is 5.97 Å². The molecule has 1 aromatic rings. The van der Waals surface area contributed by atoms with Gasteiger partial charge in [-0.3, -0.25) is 0 Å². The van der Waals surface area contributed by atoms with Gasteiger partial charge in [0.1, 0.15) is 11.3 Å². The molecule has 0 saturated carbocycles. The second-order valence-corrected chi connectivity index (χ2v) is 3.68. The fourth-order valence-corrected chi connectivity index (χ4v) is 1.39. The number of ether oxygens (including phenoxy) is 2. The molecule has 0 radical (unpaired) electrons. The molecule has 0 aliphatic heterocycles. The standard InChI is InChI=1S/C11H13ClO3/c1-7(2)15-11(13)10-8(12)5-4-6-9(10)14-3/h4-7H,1-3H3. The molecule has 0 atom stereocenters. The first kappa shape index (κ1) is 11.9. The molecule has 1 rings (SSSR count). The second kappa shape index (κ2) is 5.03. The molecule has 0 aliphatic rings. The van der Waals surface area contributed by atoms with Crippen LogP contribution in [-0.4, -0.2) is 19.2 Å². The molecule has 0 aromatic heterocycles. The zero-order chi connectivity index (χ0) is 11.4. The lowest BCUT2D eigenvalue weighted by atomic mass is 10.2. The van der Waals surface area contributed by atoms with Crippen molar-refractivity contribution in [2.24, 2.45) is 0 Å². The molecule has 4 heteroatoms. The van der Waals surface area contributed by atoms with Crippen molar-refractivity contribution in [3.8, 4) is 5.75 Å². The molecule has 3 nitrogen and oxygen atoms in total. The third-order valence-electron chi connectivity index (χ3n) is 1.74.